The molecule has 5 nitrogen and oxygen atoms in total. The smallest absolute Gasteiger partial charge is 0.244 e. The highest BCUT2D eigenvalue weighted by Gasteiger charge is 2.31. The van der Waals surface area contributed by atoms with Crippen LogP contribution in [0.1, 0.15) is 18.9 Å². The molecule has 1 aliphatic rings. The van der Waals surface area contributed by atoms with E-state index in [4.69, 9.17) is 11.6 Å². The third-order valence-corrected chi connectivity index (χ3v) is 6.26. The highest BCUT2D eigenvalue weighted by molar-refractivity contribution is 7.89. The normalized spacial score (nSPS) is 17.7. The topological polar surface area (TPSA) is 55.2 Å². The molecule has 118 valence electrons. The Kier molecular flexibility index (Phi) is 4.20. The first-order chi connectivity index (χ1) is 10.5. The number of imidazole rings is 1. The van der Waals surface area contributed by atoms with Crippen molar-refractivity contribution in [2.24, 2.45) is 0 Å². The predicted octanol–water partition coefficient (Wildman–Crippen LogP) is 2.70. The molecule has 0 unspecified atom stereocenters. The van der Waals surface area contributed by atoms with E-state index in [1.807, 2.05) is 10.8 Å². The lowest BCUT2D eigenvalue weighted by Gasteiger charge is -2.31. The summed E-state index contributed by atoms with van der Waals surface area (Å²) in [6.45, 7) is 0.746. The van der Waals surface area contributed by atoms with Gasteiger partial charge in [0.05, 0.1) is 11.3 Å². The SMILES string of the molecule is O=S(=O)(c1cc(F)ccc1Cl)N1CCC(n2ccnc2)CC1. The van der Waals surface area contributed by atoms with E-state index in [1.54, 1.807) is 12.5 Å². The van der Waals surface area contributed by atoms with Crippen molar-refractivity contribution in [2.75, 3.05) is 13.1 Å². The molecule has 2 heterocycles. The number of benzene rings is 1. The van der Waals surface area contributed by atoms with Crippen LogP contribution in [0.15, 0.2) is 41.8 Å². The summed E-state index contributed by atoms with van der Waals surface area (Å²) < 4.78 is 41.9. The zero-order valence-electron chi connectivity index (χ0n) is 11.7. The summed E-state index contributed by atoms with van der Waals surface area (Å²) in [7, 11) is -3.77. The highest BCUT2D eigenvalue weighted by atomic mass is 35.5. The molecule has 3 rings (SSSR count). The fraction of sp³-hybridized carbons (Fsp3) is 0.357. The number of hydrogen-bond acceptors (Lipinski definition) is 3. The molecule has 0 atom stereocenters. The molecule has 1 aromatic heterocycles. The summed E-state index contributed by atoms with van der Waals surface area (Å²) >= 11 is 5.92. The number of hydrogen-bond donors (Lipinski definition) is 0. The Morgan fingerprint density at radius 1 is 1.27 bits per heavy atom. The standard InChI is InChI=1S/C14H15ClFN3O2S/c15-13-2-1-11(16)9-14(13)22(20,21)19-6-3-12(4-7-19)18-8-5-17-10-18/h1-2,5,8-10,12H,3-4,6-7H2. The van der Waals surface area contributed by atoms with Crippen molar-refractivity contribution in [1.82, 2.24) is 13.9 Å². The molecule has 2 aromatic rings. The van der Waals surface area contributed by atoms with E-state index in [2.05, 4.69) is 4.98 Å². The second-order valence-electron chi connectivity index (χ2n) is 5.22. The number of halogens is 2. The van der Waals surface area contributed by atoms with E-state index in [1.165, 1.54) is 10.4 Å². The Labute approximate surface area is 133 Å². The average Bonchev–Trinajstić information content (AvgIpc) is 3.04. The van der Waals surface area contributed by atoms with Crippen LogP contribution in [0.25, 0.3) is 0 Å². The highest BCUT2D eigenvalue weighted by Crippen LogP contribution is 2.30. The predicted molar refractivity (Wildman–Crippen MR) is 80.7 cm³/mol. The van der Waals surface area contributed by atoms with Crippen molar-refractivity contribution in [3.8, 4) is 0 Å². The monoisotopic (exact) mass is 343 g/mol. The van der Waals surface area contributed by atoms with Crippen LogP contribution < -0.4 is 0 Å². The second-order valence-corrected chi connectivity index (χ2v) is 7.53. The lowest BCUT2D eigenvalue weighted by atomic mass is 10.1. The van der Waals surface area contributed by atoms with Gasteiger partial charge < -0.3 is 4.57 Å². The molecular weight excluding hydrogens is 329 g/mol. The van der Waals surface area contributed by atoms with Crippen LogP contribution >= 0.6 is 11.6 Å². The minimum absolute atomic E-state index is 0.0399. The lowest BCUT2D eigenvalue weighted by molar-refractivity contribution is 0.273. The first-order valence-electron chi connectivity index (χ1n) is 6.91. The maximum absolute atomic E-state index is 13.3. The van der Waals surface area contributed by atoms with Crippen molar-refractivity contribution in [3.63, 3.8) is 0 Å². The van der Waals surface area contributed by atoms with Crippen molar-refractivity contribution >= 4 is 21.6 Å². The van der Waals surface area contributed by atoms with Gasteiger partial charge in [-0.3, -0.25) is 0 Å². The molecule has 0 radical (unpaired) electrons. The van der Waals surface area contributed by atoms with Crippen LogP contribution in [-0.4, -0.2) is 35.4 Å². The molecule has 8 heteroatoms. The minimum atomic E-state index is -3.77. The van der Waals surface area contributed by atoms with Crippen molar-refractivity contribution in [2.45, 2.75) is 23.8 Å². The molecule has 0 aliphatic carbocycles. The fourth-order valence-electron chi connectivity index (χ4n) is 2.68. The van der Waals surface area contributed by atoms with E-state index >= 15 is 0 Å². The molecule has 22 heavy (non-hydrogen) atoms. The van der Waals surface area contributed by atoms with Crippen molar-refractivity contribution in [3.05, 3.63) is 47.8 Å². The van der Waals surface area contributed by atoms with Gasteiger partial charge in [0, 0.05) is 31.5 Å². The van der Waals surface area contributed by atoms with Gasteiger partial charge in [0.2, 0.25) is 10.0 Å². The maximum atomic E-state index is 13.3. The van der Waals surface area contributed by atoms with E-state index < -0.39 is 15.8 Å². The zero-order chi connectivity index (χ0) is 15.7. The lowest BCUT2D eigenvalue weighted by Crippen LogP contribution is -2.39. The third kappa shape index (κ3) is 2.88. The van der Waals surface area contributed by atoms with Gasteiger partial charge in [0.25, 0.3) is 0 Å². The molecule has 0 amide bonds. The summed E-state index contributed by atoms with van der Waals surface area (Å²) in [4.78, 5) is 3.83. The Morgan fingerprint density at radius 2 is 2.00 bits per heavy atom. The summed E-state index contributed by atoms with van der Waals surface area (Å²) in [6, 6.07) is 3.62. The second kappa shape index (κ2) is 5.98. The zero-order valence-corrected chi connectivity index (χ0v) is 13.3. The van der Waals surface area contributed by atoms with Crippen LogP contribution in [0.3, 0.4) is 0 Å². The molecule has 0 bridgehead atoms. The van der Waals surface area contributed by atoms with Gasteiger partial charge in [-0.25, -0.2) is 17.8 Å². The largest absolute Gasteiger partial charge is 0.334 e. The van der Waals surface area contributed by atoms with Crippen LogP contribution in [0.5, 0.6) is 0 Å². The Bertz CT molecular complexity index is 756. The summed E-state index contributed by atoms with van der Waals surface area (Å²) in [5.41, 5.74) is 0. The quantitative estimate of drug-likeness (QED) is 0.861. The van der Waals surface area contributed by atoms with Gasteiger partial charge >= 0.3 is 0 Å². The van der Waals surface area contributed by atoms with Gasteiger partial charge in [-0.15, -0.1) is 0 Å². The fourth-order valence-corrected chi connectivity index (χ4v) is 4.64. The van der Waals surface area contributed by atoms with E-state index in [0.717, 1.165) is 12.1 Å². The van der Waals surface area contributed by atoms with E-state index in [9.17, 15) is 12.8 Å². The van der Waals surface area contributed by atoms with E-state index in [0.29, 0.717) is 25.9 Å². The van der Waals surface area contributed by atoms with Gasteiger partial charge in [0.1, 0.15) is 10.7 Å². The third-order valence-electron chi connectivity index (χ3n) is 3.88. The van der Waals surface area contributed by atoms with Gasteiger partial charge in [-0.2, -0.15) is 4.31 Å². The van der Waals surface area contributed by atoms with Gasteiger partial charge in [-0.1, -0.05) is 11.6 Å². The summed E-state index contributed by atoms with van der Waals surface area (Å²) in [5.74, 6) is -0.615. The summed E-state index contributed by atoms with van der Waals surface area (Å²) in [6.07, 6.45) is 6.68. The molecule has 1 saturated heterocycles. The number of rotatable bonds is 3. The number of nitrogens with zero attached hydrogens (tertiary/aromatic N) is 3. The number of sulfonamides is 1. The van der Waals surface area contributed by atoms with Gasteiger partial charge in [0.15, 0.2) is 0 Å². The average molecular weight is 344 g/mol. The summed E-state index contributed by atoms with van der Waals surface area (Å²) in [5, 5.41) is 0.0399. The molecule has 0 saturated carbocycles. The van der Waals surface area contributed by atoms with Crippen molar-refractivity contribution < 1.29 is 12.8 Å². The molecule has 1 aromatic carbocycles. The van der Waals surface area contributed by atoms with Crippen LogP contribution in [0, 0.1) is 5.82 Å². The first kappa shape index (κ1) is 15.5. The van der Waals surface area contributed by atoms with E-state index in [-0.39, 0.29) is 16.0 Å². The first-order valence-corrected chi connectivity index (χ1v) is 8.73. The molecular formula is C14H15ClFN3O2S. The van der Waals surface area contributed by atoms with Crippen LogP contribution in [0.2, 0.25) is 5.02 Å². The molecule has 1 fully saturated rings. The maximum Gasteiger partial charge on any atom is 0.244 e. The minimum Gasteiger partial charge on any atom is -0.334 e. The number of piperidine rings is 1. The molecule has 1 aliphatic heterocycles. The number of aromatic nitrogens is 2. The Hall–Kier alpha value is -1.44. The molecule has 0 N–H and O–H groups in total. The van der Waals surface area contributed by atoms with Crippen LogP contribution in [0.4, 0.5) is 4.39 Å². The Morgan fingerprint density at radius 3 is 2.64 bits per heavy atom. The van der Waals surface area contributed by atoms with Crippen LogP contribution in [-0.2, 0) is 10.0 Å². The van der Waals surface area contributed by atoms with Gasteiger partial charge in [-0.05, 0) is 31.0 Å². The van der Waals surface area contributed by atoms with Crippen molar-refractivity contribution in [1.29, 1.82) is 0 Å². The molecule has 0 spiro atoms. The Balaban J connectivity index is 1.79.